The van der Waals surface area contributed by atoms with Crippen molar-refractivity contribution in [3.05, 3.63) is 70.2 Å². The monoisotopic (exact) mass is 355 g/mol. The van der Waals surface area contributed by atoms with E-state index in [0.717, 1.165) is 30.4 Å². The molecule has 1 N–H and O–H groups in total. The van der Waals surface area contributed by atoms with E-state index in [1.807, 2.05) is 55.5 Å². The van der Waals surface area contributed by atoms with E-state index in [1.165, 1.54) is 0 Å². The van der Waals surface area contributed by atoms with E-state index in [0.29, 0.717) is 10.6 Å². The normalized spacial score (nSPS) is 15.3. The first-order chi connectivity index (χ1) is 12.0. The SMILES string of the molecule is Cc1ccc(C(=O)CCC(=O)NC2(c3ccc(Cl)cc3)CCC2)cc1. The molecule has 1 aliphatic rings. The van der Waals surface area contributed by atoms with Crippen molar-refractivity contribution in [2.24, 2.45) is 0 Å². The fraction of sp³-hybridized carbons (Fsp3) is 0.333. The molecule has 25 heavy (non-hydrogen) atoms. The summed E-state index contributed by atoms with van der Waals surface area (Å²) in [5.74, 6) is -0.0700. The summed E-state index contributed by atoms with van der Waals surface area (Å²) in [4.78, 5) is 24.6. The largest absolute Gasteiger partial charge is 0.347 e. The summed E-state index contributed by atoms with van der Waals surface area (Å²) < 4.78 is 0. The van der Waals surface area contributed by atoms with Crippen LogP contribution in [0.5, 0.6) is 0 Å². The molecule has 1 fully saturated rings. The van der Waals surface area contributed by atoms with Gasteiger partial charge in [0.2, 0.25) is 5.91 Å². The number of hydrogen-bond acceptors (Lipinski definition) is 2. The molecule has 3 rings (SSSR count). The van der Waals surface area contributed by atoms with E-state index in [9.17, 15) is 9.59 Å². The average molecular weight is 356 g/mol. The summed E-state index contributed by atoms with van der Waals surface area (Å²) in [5, 5.41) is 3.84. The van der Waals surface area contributed by atoms with Crippen LogP contribution in [0.4, 0.5) is 0 Å². The predicted molar refractivity (Wildman–Crippen MR) is 99.9 cm³/mol. The second-order valence-corrected chi connectivity index (χ2v) is 7.22. The molecule has 0 heterocycles. The van der Waals surface area contributed by atoms with Gasteiger partial charge in [0.25, 0.3) is 0 Å². The highest BCUT2D eigenvalue weighted by Gasteiger charge is 2.39. The Morgan fingerprint density at radius 1 is 1.00 bits per heavy atom. The van der Waals surface area contributed by atoms with Gasteiger partial charge in [-0.1, -0.05) is 53.6 Å². The van der Waals surface area contributed by atoms with Gasteiger partial charge in [0.05, 0.1) is 5.54 Å². The van der Waals surface area contributed by atoms with Crippen LogP contribution in [0.2, 0.25) is 5.02 Å². The number of rotatable bonds is 6. The van der Waals surface area contributed by atoms with Crippen molar-refractivity contribution in [3.63, 3.8) is 0 Å². The number of Topliss-reactive ketones (excluding diaryl/α,β-unsaturated/α-hetero) is 1. The molecular weight excluding hydrogens is 334 g/mol. The molecule has 1 saturated carbocycles. The van der Waals surface area contributed by atoms with Gasteiger partial charge in [-0.2, -0.15) is 0 Å². The lowest BCUT2D eigenvalue weighted by Crippen LogP contribution is -2.50. The van der Waals surface area contributed by atoms with Gasteiger partial charge in [-0.3, -0.25) is 9.59 Å². The van der Waals surface area contributed by atoms with Crippen LogP contribution in [0.25, 0.3) is 0 Å². The minimum Gasteiger partial charge on any atom is -0.347 e. The molecule has 4 heteroatoms. The average Bonchev–Trinajstić information content (AvgIpc) is 2.57. The summed E-state index contributed by atoms with van der Waals surface area (Å²) in [6.07, 6.45) is 3.37. The van der Waals surface area contributed by atoms with Crippen LogP contribution in [-0.2, 0) is 10.3 Å². The molecule has 0 saturated heterocycles. The van der Waals surface area contributed by atoms with Gasteiger partial charge >= 0.3 is 0 Å². The zero-order valence-corrected chi connectivity index (χ0v) is 15.1. The molecule has 0 atom stereocenters. The van der Waals surface area contributed by atoms with E-state index in [-0.39, 0.29) is 30.1 Å². The topological polar surface area (TPSA) is 46.2 Å². The molecule has 1 aliphatic carbocycles. The van der Waals surface area contributed by atoms with Crippen molar-refractivity contribution in [1.29, 1.82) is 0 Å². The predicted octanol–water partition coefficient (Wildman–Crippen LogP) is 4.81. The molecule has 130 valence electrons. The third-order valence-electron chi connectivity index (χ3n) is 4.94. The Bertz CT molecular complexity index is 761. The molecule has 0 aliphatic heterocycles. The van der Waals surface area contributed by atoms with Crippen molar-refractivity contribution in [3.8, 4) is 0 Å². The highest BCUT2D eigenvalue weighted by molar-refractivity contribution is 6.30. The Balaban J connectivity index is 1.58. The van der Waals surface area contributed by atoms with E-state index >= 15 is 0 Å². The highest BCUT2D eigenvalue weighted by Crippen LogP contribution is 2.41. The highest BCUT2D eigenvalue weighted by atomic mass is 35.5. The maximum atomic E-state index is 12.4. The third-order valence-corrected chi connectivity index (χ3v) is 5.19. The molecule has 0 unspecified atom stereocenters. The number of carbonyl (C=O) groups is 2. The minimum absolute atomic E-state index is 0.00398. The number of hydrogen-bond donors (Lipinski definition) is 1. The molecule has 0 aromatic heterocycles. The molecule has 3 nitrogen and oxygen atoms in total. The van der Waals surface area contributed by atoms with Crippen molar-refractivity contribution in [2.45, 2.75) is 44.6 Å². The Morgan fingerprint density at radius 3 is 2.20 bits per heavy atom. The second kappa shape index (κ2) is 7.40. The van der Waals surface area contributed by atoms with Gasteiger partial charge in [0.15, 0.2) is 5.78 Å². The maximum absolute atomic E-state index is 12.4. The quantitative estimate of drug-likeness (QED) is 0.756. The number of aryl methyl sites for hydroxylation is 1. The Kier molecular flexibility index (Phi) is 5.24. The molecule has 0 radical (unpaired) electrons. The first-order valence-corrected chi connectivity index (χ1v) is 9.03. The number of benzene rings is 2. The maximum Gasteiger partial charge on any atom is 0.221 e. The molecule has 2 aromatic rings. The number of halogens is 1. The van der Waals surface area contributed by atoms with E-state index in [2.05, 4.69) is 5.32 Å². The van der Waals surface area contributed by atoms with Crippen LogP contribution in [0.15, 0.2) is 48.5 Å². The van der Waals surface area contributed by atoms with Crippen molar-refractivity contribution in [2.75, 3.05) is 0 Å². The van der Waals surface area contributed by atoms with Crippen LogP contribution in [0, 0.1) is 6.92 Å². The van der Waals surface area contributed by atoms with Crippen LogP contribution in [-0.4, -0.2) is 11.7 Å². The summed E-state index contributed by atoms with van der Waals surface area (Å²) in [7, 11) is 0. The summed E-state index contributed by atoms with van der Waals surface area (Å²) in [6.45, 7) is 1.98. The van der Waals surface area contributed by atoms with Gasteiger partial charge in [-0.05, 0) is 43.9 Å². The zero-order valence-electron chi connectivity index (χ0n) is 14.3. The fourth-order valence-corrected chi connectivity index (χ4v) is 3.35. The lowest BCUT2D eigenvalue weighted by Gasteiger charge is -2.43. The smallest absolute Gasteiger partial charge is 0.221 e. The van der Waals surface area contributed by atoms with Gasteiger partial charge < -0.3 is 5.32 Å². The van der Waals surface area contributed by atoms with Gasteiger partial charge in [-0.25, -0.2) is 0 Å². The minimum atomic E-state index is -0.297. The van der Waals surface area contributed by atoms with Crippen LogP contribution in [0.1, 0.15) is 53.6 Å². The van der Waals surface area contributed by atoms with E-state index < -0.39 is 0 Å². The van der Waals surface area contributed by atoms with E-state index in [4.69, 9.17) is 11.6 Å². The van der Waals surface area contributed by atoms with Crippen molar-refractivity contribution in [1.82, 2.24) is 5.32 Å². The molecule has 1 amide bonds. The standard InChI is InChI=1S/C21H22ClNO2/c1-15-3-5-16(6-4-15)19(24)11-12-20(25)23-21(13-2-14-21)17-7-9-18(22)10-8-17/h3-10H,2,11-14H2,1H3,(H,23,25). The first kappa shape index (κ1) is 17.7. The molecule has 2 aromatic carbocycles. The van der Waals surface area contributed by atoms with Gasteiger partial charge in [-0.15, -0.1) is 0 Å². The molecule has 0 bridgehead atoms. The number of amides is 1. The molecular formula is C21H22ClNO2. The lowest BCUT2D eigenvalue weighted by molar-refractivity contribution is -0.124. The zero-order chi connectivity index (χ0) is 17.9. The van der Waals surface area contributed by atoms with Crippen molar-refractivity contribution < 1.29 is 9.59 Å². The Hall–Kier alpha value is -2.13. The summed E-state index contributed by atoms with van der Waals surface area (Å²) in [5.41, 5.74) is 2.56. The second-order valence-electron chi connectivity index (χ2n) is 6.78. The molecule has 0 spiro atoms. The van der Waals surface area contributed by atoms with Crippen LogP contribution < -0.4 is 5.32 Å². The van der Waals surface area contributed by atoms with Gasteiger partial charge in [0.1, 0.15) is 0 Å². The fourth-order valence-electron chi connectivity index (χ4n) is 3.23. The summed E-state index contributed by atoms with van der Waals surface area (Å²) in [6, 6.07) is 15.1. The number of nitrogens with one attached hydrogen (secondary N) is 1. The first-order valence-electron chi connectivity index (χ1n) is 8.65. The van der Waals surface area contributed by atoms with Crippen molar-refractivity contribution >= 4 is 23.3 Å². The third kappa shape index (κ3) is 4.10. The number of ketones is 1. The van der Waals surface area contributed by atoms with Crippen LogP contribution in [0.3, 0.4) is 0 Å². The summed E-state index contributed by atoms with van der Waals surface area (Å²) >= 11 is 5.96. The number of carbonyl (C=O) groups excluding carboxylic acids is 2. The lowest BCUT2D eigenvalue weighted by atomic mass is 9.71. The van der Waals surface area contributed by atoms with E-state index in [1.54, 1.807) is 0 Å². The Labute approximate surface area is 153 Å². The van der Waals surface area contributed by atoms with Crippen LogP contribution >= 0.6 is 11.6 Å². The van der Waals surface area contributed by atoms with Gasteiger partial charge in [0, 0.05) is 23.4 Å². The Morgan fingerprint density at radius 2 is 1.64 bits per heavy atom.